The van der Waals surface area contributed by atoms with Gasteiger partial charge in [-0.15, -0.1) is 0 Å². The summed E-state index contributed by atoms with van der Waals surface area (Å²) in [6.45, 7) is 1.90. The zero-order valence-electron chi connectivity index (χ0n) is 12.2. The second kappa shape index (κ2) is 7.48. The van der Waals surface area contributed by atoms with Crippen LogP contribution in [0.15, 0.2) is 54.6 Å². The van der Waals surface area contributed by atoms with E-state index in [2.05, 4.69) is 12.1 Å². The van der Waals surface area contributed by atoms with Gasteiger partial charge in [-0.1, -0.05) is 48.5 Å². The Kier molecular flexibility index (Phi) is 5.38. The van der Waals surface area contributed by atoms with Crippen molar-refractivity contribution in [1.82, 2.24) is 0 Å². The van der Waals surface area contributed by atoms with Crippen molar-refractivity contribution < 1.29 is 14.6 Å². The molecule has 0 radical (unpaired) electrons. The minimum absolute atomic E-state index is 0.113. The van der Waals surface area contributed by atoms with E-state index < -0.39 is 5.97 Å². The standard InChI is InChI=1S/C18H20O3/c1-14(11-12-18(19)20)21-17-10-6-5-9-16(17)13-15-7-3-2-4-8-15/h2-10,14H,11-13H2,1H3,(H,19,20). The summed E-state index contributed by atoms with van der Waals surface area (Å²) < 4.78 is 5.90. The van der Waals surface area contributed by atoms with Crippen LogP contribution in [0.3, 0.4) is 0 Å². The highest BCUT2D eigenvalue weighted by Crippen LogP contribution is 2.23. The SMILES string of the molecule is CC(CCC(=O)O)Oc1ccccc1Cc1ccccc1. The van der Waals surface area contributed by atoms with Gasteiger partial charge in [0.15, 0.2) is 0 Å². The van der Waals surface area contributed by atoms with E-state index in [1.54, 1.807) is 0 Å². The molecule has 2 aromatic carbocycles. The molecule has 2 aromatic rings. The molecular formula is C18H20O3. The summed E-state index contributed by atoms with van der Waals surface area (Å²) in [5.74, 6) is 0.0438. The molecule has 1 unspecified atom stereocenters. The number of carboxylic acid groups (broad SMARTS) is 1. The molecule has 0 fully saturated rings. The lowest BCUT2D eigenvalue weighted by molar-refractivity contribution is -0.137. The average molecular weight is 284 g/mol. The molecule has 0 aliphatic carbocycles. The molecule has 0 aromatic heterocycles. The van der Waals surface area contributed by atoms with Crippen LogP contribution in [0.4, 0.5) is 0 Å². The van der Waals surface area contributed by atoms with Crippen LogP contribution in [-0.4, -0.2) is 17.2 Å². The Bertz CT molecular complexity index is 578. The highest BCUT2D eigenvalue weighted by Gasteiger charge is 2.10. The molecule has 110 valence electrons. The molecule has 21 heavy (non-hydrogen) atoms. The van der Waals surface area contributed by atoms with E-state index in [0.29, 0.717) is 6.42 Å². The molecule has 0 aliphatic heterocycles. The Morgan fingerprint density at radius 1 is 1.10 bits per heavy atom. The van der Waals surface area contributed by atoms with Crippen molar-refractivity contribution >= 4 is 5.97 Å². The van der Waals surface area contributed by atoms with Crippen LogP contribution in [-0.2, 0) is 11.2 Å². The number of benzene rings is 2. The van der Waals surface area contributed by atoms with Gasteiger partial charge < -0.3 is 9.84 Å². The zero-order chi connectivity index (χ0) is 15.1. The topological polar surface area (TPSA) is 46.5 Å². The molecule has 3 heteroatoms. The monoisotopic (exact) mass is 284 g/mol. The first-order valence-corrected chi connectivity index (χ1v) is 7.15. The third-order valence-electron chi connectivity index (χ3n) is 3.30. The molecule has 0 amide bonds. The third-order valence-corrected chi connectivity index (χ3v) is 3.30. The number of carbonyl (C=O) groups is 1. The van der Waals surface area contributed by atoms with E-state index in [1.165, 1.54) is 5.56 Å². The molecule has 0 saturated heterocycles. The highest BCUT2D eigenvalue weighted by atomic mass is 16.5. The Labute approximate surface area is 125 Å². The quantitative estimate of drug-likeness (QED) is 0.838. The summed E-state index contributed by atoms with van der Waals surface area (Å²) in [4.78, 5) is 10.6. The van der Waals surface area contributed by atoms with Crippen molar-refractivity contribution in [2.75, 3.05) is 0 Å². The Morgan fingerprint density at radius 3 is 2.48 bits per heavy atom. The molecule has 0 bridgehead atoms. The molecule has 1 atom stereocenters. The summed E-state index contributed by atoms with van der Waals surface area (Å²) in [5.41, 5.74) is 2.35. The van der Waals surface area contributed by atoms with Gasteiger partial charge >= 0.3 is 5.97 Å². The third kappa shape index (κ3) is 4.95. The lowest BCUT2D eigenvalue weighted by atomic mass is 10.0. The van der Waals surface area contributed by atoms with E-state index in [-0.39, 0.29) is 12.5 Å². The molecule has 3 nitrogen and oxygen atoms in total. The van der Waals surface area contributed by atoms with Crippen LogP contribution < -0.4 is 4.74 Å². The predicted molar refractivity (Wildman–Crippen MR) is 82.6 cm³/mol. The average Bonchev–Trinajstić information content (AvgIpc) is 2.48. The number of rotatable bonds is 7. The van der Waals surface area contributed by atoms with E-state index in [4.69, 9.17) is 9.84 Å². The number of para-hydroxylation sites is 1. The second-order valence-electron chi connectivity index (χ2n) is 5.13. The van der Waals surface area contributed by atoms with Crippen LogP contribution >= 0.6 is 0 Å². The zero-order valence-corrected chi connectivity index (χ0v) is 12.2. The van der Waals surface area contributed by atoms with E-state index in [1.807, 2.05) is 49.4 Å². The molecular weight excluding hydrogens is 264 g/mol. The molecule has 2 rings (SSSR count). The van der Waals surface area contributed by atoms with E-state index in [0.717, 1.165) is 17.7 Å². The van der Waals surface area contributed by atoms with E-state index in [9.17, 15) is 4.79 Å². The maximum Gasteiger partial charge on any atom is 0.303 e. The van der Waals surface area contributed by atoms with Crippen LogP contribution in [0.5, 0.6) is 5.75 Å². The van der Waals surface area contributed by atoms with Crippen molar-refractivity contribution in [1.29, 1.82) is 0 Å². The molecule has 0 heterocycles. The summed E-state index contributed by atoms with van der Waals surface area (Å²) in [5, 5.41) is 8.72. The fourth-order valence-electron chi connectivity index (χ4n) is 2.18. The maximum absolute atomic E-state index is 10.6. The Hall–Kier alpha value is -2.29. The number of ether oxygens (including phenoxy) is 1. The number of aliphatic carboxylic acids is 1. The number of hydrogen-bond donors (Lipinski definition) is 1. The van der Waals surface area contributed by atoms with Crippen molar-refractivity contribution in [3.8, 4) is 5.75 Å². The fraction of sp³-hybridized carbons (Fsp3) is 0.278. The van der Waals surface area contributed by atoms with Gasteiger partial charge in [0.05, 0.1) is 6.10 Å². The smallest absolute Gasteiger partial charge is 0.303 e. The normalized spacial score (nSPS) is 11.9. The lowest BCUT2D eigenvalue weighted by Gasteiger charge is -2.17. The predicted octanol–water partition coefficient (Wildman–Crippen LogP) is 3.91. The molecule has 0 aliphatic rings. The van der Waals surface area contributed by atoms with Crippen molar-refractivity contribution in [3.05, 3.63) is 65.7 Å². The first kappa shape index (κ1) is 15.1. The van der Waals surface area contributed by atoms with Gasteiger partial charge in [-0.2, -0.15) is 0 Å². The summed E-state index contributed by atoms with van der Waals surface area (Å²) in [6, 6.07) is 18.1. The van der Waals surface area contributed by atoms with Gasteiger partial charge in [-0.3, -0.25) is 4.79 Å². The van der Waals surface area contributed by atoms with Gasteiger partial charge in [0, 0.05) is 12.8 Å². The minimum Gasteiger partial charge on any atom is -0.490 e. The molecule has 0 saturated carbocycles. The van der Waals surface area contributed by atoms with Gasteiger partial charge in [0.2, 0.25) is 0 Å². The van der Waals surface area contributed by atoms with Crippen molar-refractivity contribution in [3.63, 3.8) is 0 Å². The van der Waals surface area contributed by atoms with E-state index >= 15 is 0 Å². The number of carboxylic acids is 1. The maximum atomic E-state index is 10.6. The van der Waals surface area contributed by atoms with Gasteiger partial charge in [0.25, 0.3) is 0 Å². The van der Waals surface area contributed by atoms with Gasteiger partial charge in [0.1, 0.15) is 5.75 Å². The van der Waals surface area contributed by atoms with Gasteiger partial charge in [-0.05, 0) is 30.5 Å². The lowest BCUT2D eigenvalue weighted by Crippen LogP contribution is -2.14. The first-order valence-electron chi connectivity index (χ1n) is 7.15. The van der Waals surface area contributed by atoms with Crippen LogP contribution in [0, 0.1) is 0 Å². The second-order valence-corrected chi connectivity index (χ2v) is 5.13. The summed E-state index contributed by atoms with van der Waals surface area (Å²) in [7, 11) is 0. The largest absolute Gasteiger partial charge is 0.490 e. The molecule has 1 N–H and O–H groups in total. The Morgan fingerprint density at radius 2 is 1.76 bits per heavy atom. The number of hydrogen-bond acceptors (Lipinski definition) is 2. The van der Waals surface area contributed by atoms with Gasteiger partial charge in [-0.25, -0.2) is 0 Å². The summed E-state index contributed by atoms with van der Waals surface area (Å²) in [6.07, 6.45) is 1.33. The van der Waals surface area contributed by atoms with Crippen molar-refractivity contribution in [2.24, 2.45) is 0 Å². The van der Waals surface area contributed by atoms with Crippen LogP contribution in [0.25, 0.3) is 0 Å². The summed E-state index contributed by atoms with van der Waals surface area (Å²) >= 11 is 0. The molecule has 0 spiro atoms. The fourth-order valence-corrected chi connectivity index (χ4v) is 2.18. The Balaban J connectivity index is 2.04. The highest BCUT2D eigenvalue weighted by molar-refractivity contribution is 5.66. The van der Waals surface area contributed by atoms with Crippen LogP contribution in [0.1, 0.15) is 30.9 Å². The van der Waals surface area contributed by atoms with Crippen LogP contribution in [0.2, 0.25) is 0 Å². The minimum atomic E-state index is -0.789. The van der Waals surface area contributed by atoms with Crippen molar-refractivity contribution in [2.45, 2.75) is 32.3 Å². The first-order chi connectivity index (χ1) is 10.1.